The molecule has 0 unspecified atom stereocenters. The van der Waals surface area contributed by atoms with Crippen LogP contribution in [0.15, 0.2) is 47.7 Å². The minimum Gasteiger partial charge on any atom is -0.497 e. The van der Waals surface area contributed by atoms with Crippen LogP contribution < -0.4 is 10.1 Å². The fourth-order valence-electron chi connectivity index (χ4n) is 3.64. The molecule has 2 aromatic heterocycles. The largest absolute Gasteiger partial charge is 0.497 e. The summed E-state index contributed by atoms with van der Waals surface area (Å²) in [5.74, 6) is 2.09. The zero-order valence-corrected chi connectivity index (χ0v) is 16.8. The molecule has 1 fully saturated rings. The number of imidazole rings is 1. The number of aliphatic imine (C=N–C) groups is 1. The lowest BCUT2D eigenvalue weighted by molar-refractivity contribution is 0.244. The molecule has 2 aliphatic carbocycles. The quantitative estimate of drug-likeness (QED) is 0.463. The Hall–Kier alpha value is -3.26. The van der Waals surface area contributed by atoms with E-state index >= 15 is 0 Å². The highest BCUT2D eigenvalue weighted by Crippen LogP contribution is 2.33. The van der Waals surface area contributed by atoms with Crippen molar-refractivity contribution in [3.63, 3.8) is 0 Å². The molecule has 1 aromatic carbocycles. The number of methoxy groups -OCH3 is 1. The first-order valence-corrected chi connectivity index (χ1v) is 10.2. The third-order valence-electron chi connectivity index (χ3n) is 5.51. The second kappa shape index (κ2) is 7.87. The van der Waals surface area contributed by atoms with Crippen LogP contribution in [0.4, 0.5) is 11.8 Å². The summed E-state index contributed by atoms with van der Waals surface area (Å²) in [4.78, 5) is 18.4. The van der Waals surface area contributed by atoms with E-state index < -0.39 is 0 Å². The van der Waals surface area contributed by atoms with Gasteiger partial charge in [0, 0.05) is 24.8 Å². The second-order valence-corrected chi connectivity index (χ2v) is 7.78. The third kappa shape index (κ3) is 3.78. The molecule has 3 aromatic rings. The molecule has 154 valence electrons. The average Bonchev–Trinajstić information content (AvgIpc) is 3.29. The molecule has 0 radical (unpaired) electrons. The third-order valence-corrected chi connectivity index (χ3v) is 5.51. The van der Waals surface area contributed by atoms with Gasteiger partial charge in [-0.1, -0.05) is 12.2 Å². The number of allylic oxidation sites excluding steroid dienone is 1. The molecule has 0 spiro atoms. The molecule has 2 N–H and O–H groups in total. The summed E-state index contributed by atoms with van der Waals surface area (Å²) in [5, 5.41) is 12.9. The Morgan fingerprint density at radius 1 is 1.23 bits per heavy atom. The zero-order chi connectivity index (χ0) is 20.5. The van der Waals surface area contributed by atoms with E-state index in [1.165, 1.54) is 0 Å². The van der Waals surface area contributed by atoms with E-state index in [1.807, 2.05) is 35.2 Å². The summed E-state index contributed by atoms with van der Waals surface area (Å²) >= 11 is 0. The molecular formula is C22H24N6O2. The Morgan fingerprint density at radius 2 is 2.07 bits per heavy atom. The zero-order valence-electron chi connectivity index (χ0n) is 16.8. The lowest BCUT2D eigenvalue weighted by atomic mass is 10.1. The Labute approximate surface area is 174 Å². The summed E-state index contributed by atoms with van der Waals surface area (Å²) in [7, 11) is 1.64. The standard InChI is InChI=1S/C22H24N6O2/c1-30-18-8-3-14(4-9-18)11-23-22-26-20(25-16-5-6-16)19-21(27-22)28(13-24-19)17-7-2-15(10-17)12-29/h2-4,7-9,11,13,15-17,29H,5-6,10,12H2,1H3,(H,25,26,27)/b23-11+/t15-,17+/m1/s1. The topological polar surface area (TPSA) is 97.5 Å². The first kappa shape index (κ1) is 18.7. The van der Waals surface area contributed by atoms with Gasteiger partial charge < -0.3 is 19.7 Å². The number of aromatic nitrogens is 4. The minimum atomic E-state index is 0.120. The van der Waals surface area contributed by atoms with Crippen LogP contribution in [0.25, 0.3) is 11.2 Å². The van der Waals surface area contributed by atoms with E-state index in [-0.39, 0.29) is 18.6 Å². The summed E-state index contributed by atoms with van der Waals surface area (Å²) in [6.07, 6.45) is 10.8. The van der Waals surface area contributed by atoms with Crippen molar-refractivity contribution < 1.29 is 9.84 Å². The van der Waals surface area contributed by atoms with E-state index in [2.05, 4.69) is 32.4 Å². The van der Waals surface area contributed by atoms with Gasteiger partial charge in [0.25, 0.3) is 5.95 Å². The van der Waals surface area contributed by atoms with Gasteiger partial charge in [0.05, 0.1) is 19.5 Å². The van der Waals surface area contributed by atoms with Gasteiger partial charge in [-0.15, -0.1) is 0 Å². The van der Waals surface area contributed by atoms with Gasteiger partial charge in [0.15, 0.2) is 17.0 Å². The Morgan fingerprint density at radius 3 is 2.77 bits per heavy atom. The summed E-state index contributed by atoms with van der Waals surface area (Å²) in [6, 6.07) is 8.22. The van der Waals surface area contributed by atoms with Crippen molar-refractivity contribution in [1.29, 1.82) is 0 Å². The van der Waals surface area contributed by atoms with E-state index in [9.17, 15) is 5.11 Å². The van der Waals surface area contributed by atoms with Gasteiger partial charge in [-0.3, -0.25) is 0 Å². The lowest BCUT2D eigenvalue weighted by Crippen LogP contribution is -2.09. The van der Waals surface area contributed by atoms with Crippen LogP contribution in [0, 0.1) is 5.92 Å². The smallest absolute Gasteiger partial charge is 0.253 e. The maximum absolute atomic E-state index is 9.46. The van der Waals surface area contributed by atoms with E-state index in [4.69, 9.17) is 9.72 Å². The number of fused-ring (bicyclic) bond motifs is 1. The van der Waals surface area contributed by atoms with Crippen molar-refractivity contribution in [1.82, 2.24) is 19.5 Å². The fraction of sp³-hybridized carbons (Fsp3) is 0.364. The Balaban J connectivity index is 1.50. The number of anilines is 1. The van der Waals surface area contributed by atoms with Crippen molar-refractivity contribution in [3.05, 3.63) is 48.3 Å². The molecule has 0 saturated heterocycles. The Kier molecular flexibility index (Phi) is 4.92. The molecule has 2 heterocycles. The highest BCUT2D eigenvalue weighted by molar-refractivity contribution is 5.86. The highest BCUT2D eigenvalue weighted by Gasteiger charge is 2.26. The van der Waals surface area contributed by atoms with E-state index in [0.717, 1.165) is 47.6 Å². The maximum Gasteiger partial charge on any atom is 0.253 e. The van der Waals surface area contributed by atoms with Crippen molar-refractivity contribution in [2.24, 2.45) is 10.9 Å². The average molecular weight is 404 g/mol. The first-order valence-electron chi connectivity index (χ1n) is 10.2. The number of benzene rings is 1. The molecule has 1 saturated carbocycles. The normalized spacial score (nSPS) is 21.0. The maximum atomic E-state index is 9.46. The number of ether oxygens (including phenoxy) is 1. The SMILES string of the molecule is COc1ccc(/C=N/c2nc(NC3CC3)c3ncn([C@H]4C=C[C@@H](CO)C4)c3n2)cc1. The van der Waals surface area contributed by atoms with Gasteiger partial charge in [0.2, 0.25) is 0 Å². The minimum absolute atomic E-state index is 0.120. The van der Waals surface area contributed by atoms with Crippen LogP contribution in [0.3, 0.4) is 0 Å². The number of rotatable bonds is 7. The molecule has 5 rings (SSSR count). The van der Waals surface area contributed by atoms with Gasteiger partial charge in [-0.2, -0.15) is 9.97 Å². The van der Waals surface area contributed by atoms with Crippen LogP contribution in [0.1, 0.15) is 30.9 Å². The van der Waals surface area contributed by atoms with Crippen molar-refractivity contribution in [2.45, 2.75) is 31.3 Å². The van der Waals surface area contributed by atoms with Gasteiger partial charge in [0.1, 0.15) is 5.75 Å². The van der Waals surface area contributed by atoms with Crippen LogP contribution >= 0.6 is 0 Å². The van der Waals surface area contributed by atoms with Crippen molar-refractivity contribution in [2.75, 3.05) is 19.0 Å². The number of aliphatic hydroxyl groups is 1. The van der Waals surface area contributed by atoms with Crippen molar-refractivity contribution >= 4 is 29.1 Å². The van der Waals surface area contributed by atoms with Gasteiger partial charge in [-0.25, -0.2) is 9.98 Å². The molecule has 8 nitrogen and oxygen atoms in total. The Bertz CT molecular complexity index is 1100. The molecule has 0 amide bonds. The van der Waals surface area contributed by atoms with Crippen LogP contribution in [-0.4, -0.2) is 50.6 Å². The predicted octanol–water partition coefficient (Wildman–Crippen LogP) is 3.27. The molecule has 2 atom stereocenters. The molecule has 0 aliphatic heterocycles. The number of hydrogen-bond acceptors (Lipinski definition) is 7. The van der Waals surface area contributed by atoms with Gasteiger partial charge in [-0.05, 0) is 49.1 Å². The molecule has 30 heavy (non-hydrogen) atoms. The second-order valence-electron chi connectivity index (χ2n) is 7.78. The molecular weight excluding hydrogens is 380 g/mol. The molecule has 8 heteroatoms. The molecule has 2 aliphatic rings. The number of hydrogen-bond donors (Lipinski definition) is 2. The predicted molar refractivity (Wildman–Crippen MR) is 116 cm³/mol. The fourth-order valence-corrected chi connectivity index (χ4v) is 3.64. The highest BCUT2D eigenvalue weighted by atomic mass is 16.5. The summed E-state index contributed by atoms with van der Waals surface area (Å²) in [6.45, 7) is 0.153. The van der Waals surface area contributed by atoms with Crippen LogP contribution in [0.2, 0.25) is 0 Å². The van der Waals surface area contributed by atoms with Crippen molar-refractivity contribution in [3.8, 4) is 5.75 Å². The van der Waals surface area contributed by atoms with Gasteiger partial charge >= 0.3 is 0 Å². The lowest BCUT2D eigenvalue weighted by Gasteiger charge is -2.13. The monoisotopic (exact) mass is 404 g/mol. The summed E-state index contributed by atoms with van der Waals surface area (Å²) in [5.41, 5.74) is 2.45. The number of nitrogens with zero attached hydrogens (tertiary/aromatic N) is 5. The number of nitrogens with one attached hydrogen (secondary N) is 1. The summed E-state index contributed by atoms with van der Waals surface area (Å²) < 4.78 is 7.25. The van der Waals surface area contributed by atoms with Crippen LogP contribution in [0.5, 0.6) is 5.75 Å². The number of aliphatic hydroxyl groups excluding tert-OH is 1. The van der Waals surface area contributed by atoms with E-state index in [1.54, 1.807) is 13.3 Å². The first-order chi connectivity index (χ1) is 14.7. The van der Waals surface area contributed by atoms with Crippen LogP contribution in [-0.2, 0) is 0 Å². The molecule has 0 bridgehead atoms. The van der Waals surface area contributed by atoms with E-state index in [0.29, 0.717) is 12.0 Å².